The van der Waals surface area contributed by atoms with Gasteiger partial charge in [0.05, 0.1) is 0 Å². The minimum atomic E-state index is -1.21. The maximum atomic E-state index is 13.2. The summed E-state index contributed by atoms with van der Waals surface area (Å²) in [6, 6.07) is 14.6. The predicted molar refractivity (Wildman–Crippen MR) is 89.8 cm³/mol. The number of urea groups is 1. The lowest BCUT2D eigenvalue weighted by atomic mass is 9.87. The van der Waals surface area contributed by atoms with Gasteiger partial charge >= 0.3 is 12.0 Å². The Morgan fingerprint density at radius 3 is 2.12 bits per heavy atom. The lowest BCUT2D eigenvalue weighted by Crippen LogP contribution is -2.43. The van der Waals surface area contributed by atoms with Crippen LogP contribution in [0.3, 0.4) is 0 Å². The molecule has 1 aliphatic heterocycles. The van der Waals surface area contributed by atoms with Crippen LogP contribution in [0.25, 0.3) is 11.1 Å². The number of carboxylic acid groups (broad SMARTS) is 1. The van der Waals surface area contributed by atoms with Gasteiger partial charge in [0.25, 0.3) is 5.91 Å². The number of nitrogens with one attached hydrogen (secondary N) is 1. The van der Waals surface area contributed by atoms with Crippen LogP contribution < -0.4 is 5.32 Å². The van der Waals surface area contributed by atoms with Crippen molar-refractivity contribution in [3.63, 3.8) is 0 Å². The van der Waals surface area contributed by atoms with Gasteiger partial charge in [-0.25, -0.2) is 4.79 Å². The number of hydrogen-bond donors (Lipinski definition) is 2. The summed E-state index contributed by atoms with van der Waals surface area (Å²) in [5.74, 6) is -1.29. The highest BCUT2D eigenvalue weighted by Crippen LogP contribution is 2.49. The largest absolute Gasteiger partial charge is 0.481 e. The monoisotopic (exact) mass is 336 g/mol. The van der Waals surface area contributed by atoms with Gasteiger partial charge in [-0.15, -0.1) is 0 Å². The van der Waals surface area contributed by atoms with Crippen LogP contribution in [0.15, 0.2) is 48.5 Å². The molecule has 2 aliphatic rings. The van der Waals surface area contributed by atoms with E-state index in [1.807, 2.05) is 48.5 Å². The van der Waals surface area contributed by atoms with E-state index in [4.69, 9.17) is 5.11 Å². The van der Waals surface area contributed by atoms with E-state index in [-0.39, 0.29) is 25.3 Å². The zero-order valence-electron chi connectivity index (χ0n) is 13.4. The predicted octanol–water partition coefficient (Wildman–Crippen LogP) is 2.33. The fourth-order valence-electron chi connectivity index (χ4n) is 3.77. The Labute approximate surface area is 144 Å². The first-order valence-electron chi connectivity index (χ1n) is 8.11. The van der Waals surface area contributed by atoms with Crippen molar-refractivity contribution in [1.82, 2.24) is 10.2 Å². The van der Waals surface area contributed by atoms with Gasteiger partial charge in [0.1, 0.15) is 0 Å². The molecule has 2 N–H and O–H groups in total. The molecule has 0 radical (unpaired) electrons. The minimum Gasteiger partial charge on any atom is -0.481 e. The van der Waals surface area contributed by atoms with Crippen molar-refractivity contribution in [2.75, 3.05) is 6.54 Å². The first kappa shape index (κ1) is 15.4. The average molecular weight is 336 g/mol. The lowest BCUT2D eigenvalue weighted by Gasteiger charge is -2.24. The lowest BCUT2D eigenvalue weighted by molar-refractivity contribution is -0.137. The van der Waals surface area contributed by atoms with Crippen molar-refractivity contribution in [3.05, 3.63) is 59.7 Å². The van der Waals surface area contributed by atoms with Crippen molar-refractivity contribution in [3.8, 4) is 11.1 Å². The molecular formula is C19H16N2O4. The van der Waals surface area contributed by atoms with Crippen LogP contribution in [0.2, 0.25) is 0 Å². The van der Waals surface area contributed by atoms with Gasteiger partial charge in [0.2, 0.25) is 0 Å². The van der Waals surface area contributed by atoms with E-state index in [0.29, 0.717) is 0 Å². The Kier molecular flexibility index (Phi) is 3.35. The summed E-state index contributed by atoms with van der Waals surface area (Å²) >= 11 is 0. The number of imide groups is 1. The summed E-state index contributed by atoms with van der Waals surface area (Å²) in [6.45, 7) is 0.0864. The quantitative estimate of drug-likeness (QED) is 0.839. The molecular weight excluding hydrogens is 320 g/mol. The summed E-state index contributed by atoms with van der Waals surface area (Å²) in [5.41, 5.74) is 2.16. The first-order valence-corrected chi connectivity index (χ1v) is 8.11. The van der Waals surface area contributed by atoms with Crippen molar-refractivity contribution in [2.24, 2.45) is 0 Å². The molecule has 2 aromatic rings. The van der Waals surface area contributed by atoms with Crippen LogP contribution in [0.1, 0.15) is 24.0 Å². The van der Waals surface area contributed by atoms with Crippen molar-refractivity contribution in [1.29, 1.82) is 0 Å². The third-order valence-corrected chi connectivity index (χ3v) is 4.83. The number of aliphatic carboxylic acids is 1. The number of fused-ring (bicyclic) bond motifs is 5. The molecule has 0 atom stereocenters. The molecule has 0 aromatic heterocycles. The van der Waals surface area contributed by atoms with Crippen molar-refractivity contribution in [2.45, 2.75) is 18.4 Å². The van der Waals surface area contributed by atoms with Crippen LogP contribution in [-0.4, -0.2) is 34.5 Å². The fraction of sp³-hybridized carbons (Fsp3) is 0.211. The van der Waals surface area contributed by atoms with Crippen molar-refractivity contribution < 1.29 is 19.5 Å². The average Bonchev–Trinajstić information content (AvgIpc) is 3.03. The molecule has 126 valence electrons. The smallest absolute Gasteiger partial charge is 0.325 e. The van der Waals surface area contributed by atoms with Gasteiger partial charge in [-0.1, -0.05) is 48.5 Å². The highest BCUT2D eigenvalue weighted by molar-refractivity contribution is 6.13. The highest BCUT2D eigenvalue weighted by Gasteiger charge is 2.57. The number of benzene rings is 2. The summed E-state index contributed by atoms with van der Waals surface area (Å²) in [5, 5.41) is 11.7. The van der Waals surface area contributed by atoms with Crippen LogP contribution >= 0.6 is 0 Å². The van der Waals surface area contributed by atoms with Gasteiger partial charge in [0.15, 0.2) is 5.54 Å². The zero-order chi connectivity index (χ0) is 17.6. The summed E-state index contributed by atoms with van der Waals surface area (Å²) < 4.78 is 0. The van der Waals surface area contributed by atoms with E-state index in [9.17, 15) is 14.4 Å². The Hall–Kier alpha value is -3.15. The highest BCUT2D eigenvalue weighted by atomic mass is 16.4. The van der Waals surface area contributed by atoms with Crippen LogP contribution in [-0.2, 0) is 15.1 Å². The number of carboxylic acids is 1. The SMILES string of the molecule is O=C(O)CCCN1C(=O)NC2(C1=O)c1ccccc1-c1ccccc12. The molecule has 25 heavy (non-hydrogen) atoms. The molecule has 0 unspecified atom stereocenters. The molecule has 3 amide bonds. The topological polar surface area (TPSA) is 86.7 Å². The maximum absolute atomic E-state index is 13.2. The van der Waals surface area contributed by atoms with E-state index in [0.717, 1.165) is 27.2 Å². The second-order valence-corrected chi connectivity index (χ2v) is 6.23. The van der Waals surface area contributed by atoms with E-state index < -0.39 is 17.5 Å². The number of rotatable bonds is 4. The molecule has 6 nitrogen and oxygen atoms in total. The van der Waals surface area contributed by atoms with E-state index >= 15 is 0 Å². The number of carbonyl (C=O) groups excluding carboxylic acids is 2. The molecule has 1 saturated heterocycles. The number of nitrogens with zero attached hydrogens (tertiary/aromatic N) is 1. The van der Waals surface area contributed by atoms with E-state index in [2.05, 4.69) is 5.32 Å². The van der Waals surface area contributed by atoms with E-state index in [1.165, 1.54) is 0 Å². The summed E-state index contributed by atoms with van der Waals surface area (Å²) in [7, 11) is 0. The summed E-state index contributed by atoms with van der Waals surface area (Å²) in [6.07, 6.45) is 0.144. The Bertz CT molecular complexity index is 860. The molecule has 2 aromatic carbocycles. The van der Waals surface area contributed by atoms with Crippen LogP contribution in [0, 0.1) is 0 Å². The van der Waals surface area contributed by atoms with Crippen LogP contribution in [0.4, 0.5) is 4.79 Å². The van der Waals surface area contributed by atoms with Crippen LogP contribution in [0.5, 0.6) is 0 Å². The van der Waals surface area contributed by atoms with Gasteiger partial charge in [-0.05, 0) is 28.7 Å². The van der Waals surface area contributed by atoms with Gasteiger partial charge in [-0.2, -0.15) is 0 Å². The standard InChI is InChI=1S/C19H16N2O4/c22-16(23)10-5-11-21-17(24)19(20-18(21)25)14-8-3-1-6-12(14)13-7-2-4-9-15(13)19/h1-4,6-9H,5,10-11H2,(H,20,25)(H,22,23). The Morgan fingerprint density at radius 1 is 1.00 bits per heavy atom. The molecule has 6 heteroatoms. The zero-order valence-corrected chi connectivity index (χ0v) is 13.4. The minimum absolute atomic E-state index is 0.0861. The number of hydrogen-bond acceptors (Lipinski definition) is 3. The molecule has 1 spiro atoms. The molecule has 1 fully saturated rings. The molecule has 4 rings (SSSR count). The number of carbonyl (C=O) groups is 3. The van der Waals surface area contributed by atoms with Gasteiger partial charge < -0.3 is 10.4 Å². The second-order valence-electron chi connectivity index (χ2n) is 6.23. The summed E-state index contributed by atoms with van der Waals surface area (Å²) in [4.78, 5) is 37.6. The van der Waals surface area contributed by atoms with E-state index in [1.54, 1.807) is 0 Å². The number of amides is 3. The van der Waals surface area contributed by atoms with Crippen molar-refractivity contribution >= 4 is 17.9 Å². The normalized spacial score (nSPS) is 16.7. The Balaban J connectivity index is 1.78. The molecule has 0 bridgehead atoms. The molecule has 1 heterocycles. The van der Waals surface area contributed by atoms with Gasteiger partial charge in [-0.3, -0.25) is 14.5 Å². The maximum Gasteiger partial charge on any atom is 0.325 e. The molecule has 0 saturated carbocycles. The second kappa shape index (κ2) is 5.44. The Morgan fingerprint density at radius 2 is 1.56 bits per heavy atom. The fourth-order valence-corrected chi connectivity index (χ4v) is 3.77. The van der Waals surface area contributed by atoms with Gasteiger partial charge in [0, 0.05) is 13.0 Å². The first-order chi connectivity index (χ1) is 12.1. The molecule has 1 aliphatic carbocycles. The third kappa shape index (κ3) is 2.07. The third-order valence-electron chi connectivity index (χ3n) is 4.83.